The van der Waals surface area contributed by atoms with Gasteiger partial charge in [-0.3, -0.25) is 0 Å². The number of furan rings is 1. The predicted molar refractivity (Wildman–Crippen MR) is 77.2 cm³/mol. The first-order valence-electron chi connectivity index (χ1n) is 6.63. The Hall–Kier alpha value is -1.25. The lowest BCUT2D eigenvalue weighted by molar-refractivity contribution is -0.0817. The van der Waals surface area contributed by atoms with E-state index < -0.39 is 0 Å². The molecule has 0 saturated heterocycles. The van der Waals surface area contributed by atoms with Gasteiger partial charge < -0.3 is 9.15 Å². The lowest BCUT2D eigenvalue weighted by atomic mass is 9.94. The third-order valence-corrected chi connectivity index (χ3v) is 3.94. The van der Waals surface area contributed by atoms with Gasteiger partial charge in [0.05, 0.1) is 12.9 Å². The molecule has 0 spiro atoms. The van der Waals surface area contributed by atoms with Gasteiger partial charge in [-0.25, -0.2) is 0 Å². The highest BCUT2D eigenvalue weighted by atomic mass is 35.5. The van der Waals surface area contributed by atoms with Crippen LogP contribution in [-0.4, -0.2) is 0 Å². The molecular weight excluding hydrogens is 260 g/mol. The summed E-state index contributed by atoms with van der Waals surface area (Å²) in [7, 11) is 0. The van der Waals surface area contributed by atoms with Gasteiger partial charge in [0.25, 0.3) is 0 Å². The van der Waals surface area contributed by atoms with Crippen molar-refractivity contribution in [2.75, 3.05) is 0 Å². The first-order valence-corrected chi connectivity index (χ1v) is 7.01. The van der Waals surface area contributed by atoms with E-state index in [1.807, 2.05) is 36.4 Å². The second-order valence-electron chi connectivity index (χ2n) is 4.56. The topological polar surface area (TPSA) is 22.4 Å². The van der Waals surface area contributed by atoms with E-state index in [0.29, 0.717) is 6.61 Å². The summed E-state index contributed by atoms with van der Waals surface area (Å²) in [6.45, 7) is 4.71. The van der Waals surface area contributed by atoms with Gasteiger partial charge in [-0.15, -0.1) is 0 Å². The molecule has 1 aromatic carbocycles. The molecule has 2 rings (SSSR count). The molecule has 0 radical (unpaired) electrons. The summed E-state index contributed by atoms with van der Waals surface area (Å²) in [4.78, 5) is 0. The highest BCUT2D eigenvalue weighted by Gasteiger charge is 2.32. The third kappa shape index (κ3) is 3.02. The number of benzene rings is 1. The van der Waals surface area contributed by atoms with Crippen LogP contribution in [0.5, 0.6) is 0 Å². The zero-order chi connectivity index (χ0) is 13.7. The van der Waals surface area contributed by atoms with Crippen molar-refractivity contribution in [3.63, 3.8) is 0 Å². The molecule has 2 nitrogen and oxygen atoms in total. The molecule has 0 aliphatic carbocycles. The maximum atomic E-state index is 6.16. The van der Waals surface area contributed by atoms with E-state index >= 15 is 0 Å². The summed E-state index contributed by atoms with van der Waals surface area (Å²) in [6, 6.07) is 11.6. The standard InChI is InChI=1S/C16H19ClO2/c1-3-16(4-2,15-10-7-11-18-15)19-12-13-8-5-6-9-14(13)17/h5-11H,3-4,12H2,1-2H3. The second-order valence-corrected chi connectivity index (χ2v) is 4.97. The fraction of sp³-hybridized carbons (Fsp3) is 0.375. The molecule has 0 N–H and O–H groups in total. The molecule has 2 aromatic rings. The average molecular weight is 279 g/mol. The van der Waals surface area contributed by atoms with Crippen molar-refractivity contribution in [2.45, 2.75) is 38.9 Å². The molecule has 0 bridgehead atoms. The molecule has 0 saturated carbocycles. The van der Waals surface area contributed by atoms with E-state index in [1.165, 1.54) is 0 Å². The van der Waals surface area contributed by atoms with Gasteiger partial charge in [0.2, 0.25) is 0 Å². The Bertz CT molecular complexity index is 501. The summed E-state index contributed by atoms with van der Waals surface area (Å²) in [6.07, 6.45) is 3.41. The first kappa shape index (κ1) is 14.2. The van der Waals surface area contributed by atoms with Gasteiger partial charge in [0.1, 0.15) is 11.4 Å². The summed E-state index contributed by atoms with van der Waals surface area (Å²) < 4.78 is 11.7. The van der Waals surface area contributed by atoms with Crippen LogP contribution in [0.4, 0.5) is 0 Å². The van der Waals surface area contributed by atoms with Gasteiger partial charge in [-0.1, -0.05) is 43.6 Å². The highest BCUT2D eigenvalue weighted by molar-refractivity contribution is 6.31. The zero-order valence-electron chi connectivity index (χ0n) is 11.4. The number of hydrogen-bond donors (Lipinski definition) is 0. The van der Waals surface area contributed by atoms with Gasteiger partial charge in [0.15, 0.2) is 0 Å². The van der Waals surface area contributed by atoms with E-state index in [1.54, 1.807) is 6.26 Å². The first-order chi connectivity index (χ1) is 9.22. The Morgan fingerprint density at radius 3 is 2.42 bits per heavy atom. The van der Waals surface area contributed by atoms with Crippen LogP contribution in [-0.2, 0) is 16.9 Å². The second kappa shape index (κ2) is 6.27. The SMILES string of the molecule is CCC(CC)(OCc1ccccc1Cl)c1ccco1. The van der Waals surface area contributed by atoms with E-state index in [0.717, 1.165) is 29.2 Å². The Morgan fingerprint density at radius 1 is 1.11 bits per heavy atom. The van der Waals surface area contributed by atoms with Crippen LogP contribution in [0.1, 0.15) is 38.0 Å². The molecule has 102 valence electrons. The maximum Gasteiger partial charge on any atom is 0.135 e. The fourth-order valence-electron chi connectivity index (χ4n) is 2.24. The van der Waals surface area contributed by atoms with Gasteiger partial charge in [-0.05, 0) is 36.6 Å². The molecule has 0 aliphatic heterocycles. The van der Waals surface area contributed by atoms with Crippen molar-refractivity contribution >= 4 is 11.6 Å². The van der Waals surface area contributed by atoms with Crippen LogP contribution in [0, 0.1) is 0 Å². The van der Waals surface area contributed by atoms with Crippen molar-refractivity contribution in [1.82, 2.24) is 0 Å². The minimum absolute atomic E-state index is 0.372. The van der Waals surface area contributed by atoms with Crippen molar-refractivity contribution in [3.8, 4) is 0 Å². The van der Waals surface area contributed by atoms with Crippen molar-refractivity contribution in [1.29, 1.82) is 0 Å². The van der Waals surface area contributed by atoms with E-state index in [4.69, 9.17) is 20.8 Å². The van der Waals surface area contributed by atoms with Crippen LogP contribution < -0.4 is 0 Å². The molecule has 19 heavy (non-hydrogen) atoms. The normalized spacial score (nSPS) is 11.7. The molecule has 0 atom stereocenters. The molecule has 1 aromatic heterocycles. The van der Waals surface area contributed by atoms with E-state index in [2.05, 4.69) is 13.8 Å². The van der Waals surface area contributed by atoms with Crippen LogP contribution in [0.25, 0.3) is 0 Å². The lowest BCUT2D eigenvalue weighted by Gasteiger charge is -2.30. The Balaban J connectivity index is 2.17. The fourth-order valence-corrected chi connectivity index (χ4v) is 2.43. The molecule has 0 fully saturated rings. The largest absolute Gasteiger partial charge is 0.466 e. The van der Waals surface area contributed by atoms with Crippen molar-refractivity contribution < 1.29 is 9.15 Å². The predicted octanol–water partition coefficient (Wildman–Crippen LogP) is 5.17. The third-order valence-electron chi connectivity index (χ3n) is 3.57. The molecule has 1 heterocycles. The van der Waals surface area contributed by atoms with Crippen LogP contribution >= 0.6 is 11.6 Å². The van der Waals surface area contributed by atoms with Gasteiger partial charge in [0, 0.05) is 5.02 Å². The molecule has 0 amide bonds. The van der Waals surface area contributed by atoms with Crippen LogP contribution in [0.15, 0.2) is 47.1 Å². The van der Waals surface area contributed by atoms with E-state index in [-0.39, 0.29) is 5.60 Å². The van der Waals surface area contributed by atoms with Crippen LogP contribution in [0.2, 0.25) is 5.02 Å². The summed E-state index contributed by atoms with van der Waals surface area (Å²) in [5.74, 6) is 0.879. The summed E-state index contributed by atoms with van der Waals surface area (Å²) >= 11 is 6.16. The zero-order valence-corrected chi connectivity index (χ0v) is 12.1. The number of halogens is 1. The molecule has 0 unspecified atom stereocenters. The number of hydrogen-bond acceptors (Lipinski definition) is 2. The molecule has 0 aliphatic rings. The quantitative estimate of drug-likeness (QED) is 0.728. The highest BCUT2D eigenvalue weighted by Crippen LogP contribution is 2.34. The lowest BCUT2D eigenvalue weighted by Crippen LogP contribution is -2.27. The average Bonchev–Trinajstić information content (AvgIpc) is 2.97. The van der Waals surface area contributed by atoms with Crippen molar-refractivity contribution in [2.24, 2.45) is 0 Å². The smallest absolute Gasteiger partial charge is 0.135 e. The molecule has 3 heteroatoms. The minimum atomic E-state index is -0.372. The Kier molecular flexibility index (Phi) is 4.67. The number of rotatable bonds is 6. The molecular formula is C16H19ClO2. The van der Waals surface area contributed by atoms with E-state index in [9.17, 15) is 0 Å². The monoisotopic (exact) mass is 278 g/mol. The van der Waals surface area contributed by atoms with Crippen LogP contribution in [0.3, 0.4) is 0 Å². The Labute approximate surface area is 119 Å². The van der Waals surface area contributed by atoms with Gasteiger partial charge >= 0.3 is 0 Å². The maximum absolute atomic E-state index is 6.16. The summed E-state index contributed by atoms with van der Waals surface area (Å²) in [5.41, 5.74) is 0.629. The minimum Gasteiger partial charge on any atom is -0.466 e. The summed E-state index contributed by atoms with van der Waals surface area (Å²) in [5, 5.41) is 0.739. The van der Waals surface area contributed by atoms with Crippen molar-refractivity contribution in [3.05, 3.63) is 59.0 Å². The Morgan fingerprint density at radius 2 is 1.84 bits per heavy atom. The number of ether oxygens (including phenoxy) is 1. The van der Waals surface area contributed by atoms with Gasteiger partial charge in [-0.2, -0.15) is 0 Å².